The van der Waals surface area contributed by atoms with Crippen LogP contribution < -0.4 is 20.3 Å². The van der Waals surface area contributed by atoms with E-state index in [2.05, 4.69) is 15.6 Å². The second-order valence-electron chi connectivity index (χ2n) is 8.57. The highest BCUT2D eigenvalue weighted by Crippen LogP contribution is 2.51. The predicted octanol–water partition coefficient (Wildman–Crippen LogP) is 6.20. The molecule has 7 nitrogen and oxygen atoms in total. The second-order valence-corrected chi connectivity index (χ2v) is 9.70. The van der Waals surface area contributed by atoms with E-state index in [0.717, 1.165) is 33.3 Å². The molecule has 3 amide bonds. The van der Waals surface area contributed by atoms with E-state index < -0.39 is 11.3 Å². The number of nitrogens with one attached hydrogen (secondary N) is 2. The van der Waals surface area contributed by atoms with Crippen LogP contribution in [-0.4, -0.2) is 22.2 Å². The first-order valence-electron chi connectivity index (χ1n) is 11.5. The van der Waals surface area contributed by atoms with Gasteiger partial charge in [0.2, 0.25) is 5.91 Å². The summed E-state index contributed by atoms with van der Waals surface area (Å²) in [5.41, 5.74) is 3.92. The van der Waals surface area contributed by atoms with Crippen LogP contribution in [0.25, 0.3) is 0 Å². The molecule has 3 aromatic carbocycles. The van der Waals surface area contributed by atoms with Crippen molar-refractivity contribution >= 4 is 40.8 Å². The fraction of sp³-hybridized carbons (Fsp3) is 0.107. The van der Waals surface area contributed by atoms with Crippen LogP contribution >= 0.6 is 11.8 Å². The molecule has 2 aliphatic rings. The summed E-state index contributed by atoms with van der Waals surface area (Å²) >= 11 is 1.37. The van der Waals surface area contributed by atoms with Crippen LogP contribution in [0.15, 0.2) is 96.2 Å². The number of anilines is 3. The zero-order valence-electron chi connectivity index (χ0n) is 19.3. The SMILES string of the molecule is Cc1cc(Oc2ccccc2)ccc1N1C(=O)NC2c3c1ccnc3SC2C(=O)Nc1ccccc1. The molecule has 0 fully saturated rings. The molecule has 2 aliphatic heterocycles. The van der Waals surface area contributed by atoms with Crippen LogP contribution in [0.2, 0.25) is 0 Å². The Labute approximate surface area is 212 Å². The fourth-order valence-corrected chi connectivity index (χ4v) is 5.79. The van der Waals surface area contributed by atoms with Gasteiger partial charge in [0.1, 0.15) is 21.8 Å². The van der Waals surface area contributed by atoms with E-state index in [-0.39, 0.29) is 11.9 Å². The summed E-state index contributed by atoms with van der Waals surface area (Å²) in [5, 5.41) is 6.23. The van der Waals surface area contributed by atoms with Crippen LogP contribution in [0, 0.1) is 6.92 Å². The molecule has 36 heavy (non-hydrogen) atoms. The van der Waals surface area contributed by atoms with E-state index >= 15 is 0 Å². The van der Waals surface area contributed by atoms with Gasteiger partial charge in [-0.3, -0.25) is 9.69 Å². The average Bonchev–Trinajstić information content (AvgIpc) is 3.26. The Balaban J connectivity index is 1.30. The minimum Gasteiger partial charge on any atom is -0.457 e. The molecule has 0 spiro atoms. The number of hydrogen-bond acceptors (Lipinski definition) is 5. The number of thioether (sulfide) groups is 1. The zero-order valence-corrected chi connectivity index (χ0v) is 20.2. The summed E-state index contributed by atoms with van der Waals surface area (Å²) in [6, 6.07) is 25.6. The number of ether oxygens (including phenoxy) is 1. The maximum atomic E-state index is 13.4. The molecule has 0 aliphatic carbocycles. The Morgan fingerprint density at radius 2 is 1.72 bits per heavy atom. The molecular formula is C28H22N4O3S. The summed E-state index contributed by atoms with van der Waals surface area (Å²) in [7, 11) is 0. The van der Waals surface area contributed by atoms with E-state index in [0.29, 0.717) is 11.4 Å². The molecule has 4 aromatic rings. The minimum atomic E-state index is -0.525. The van der Waals surface area contributed by atoms with Crippen molar-refractivity contribution in [1.29, 1.82) is 0 Å². The molecule has 6 rings (SSSR count). The van der Waals surface area contributed by atoms with Gasteiger partial charge in [-0.2, -0.15) is 0 Å². The van der Waals surface area contributed by atoms with E-state index in [1.165, 1.54) is 11.8 Å². The molecule has 0 saturated carbocycles. The first-order valence-corrected chi connectivity index (χ1v) is 12.4. The van der Waals surface area contributed by atoms with Crippen LogP contribution in [0.4, 0.5) is 21.9 Å². The molecule has 0 saturated heterocycles. The van der Waals surface area contributed by atoms with Crippen molar-refractivity contribution in [3.63, 3.8) is 0 Å². The highest BCUT2D eigenvalue weighted by molar-refractivity contribution is 8.01. The number of aromatic nitrogens is 1. The average molecular weight is 495 g/mol. The number of hydrogen-bond donors (Lipinski definition) is 2. The monoisotopic (exact) mass is 494 g/mol. The maximum Gasteiger partial charge on any atom is 0.327 e. The lowest BCUT2D eigenvalue weighted by atomic mass is 9.99. The van der Waals surface area contributed by atoms with Gasteiger partial charge >= 0.3 is 6.03 Å². The summed E-state index contributed by atoms with van der Waals surface area (Å²) in [5.74, 6) is 1.26. The lowest BCUT2D eigenvalue weighted by Gasteiger charge is -2.35. The topological polar surface area (TPSA) is 83.6 Å². The van der Waals surface area contributed by atoms with Crippen molar-refractivity contribution in [2.45, 2.75) is 23.2 Å². The third kappa shape index (κ3) is 3.95. The first kappa shape index (κ1) is 22.2. The Morgan fingerprint density at radius 1 is 0.972 bits per heavy atom. The van der Waals surface area contributed by atoms with Crippen molar-refractivity contribution in [2.24, 2.45) is 0 Å². The van der Waals surface area contributed by atoms with Gasteiger partial charge in [-0.15, -0.1) is 0 Å². The summed E-state index contributed by atoms with van der Waals surface area (Å²) in [6.07, 6.45) is 1.68. The molecule has 8 heteroatoms. The van der Waals surface area contributed by atoms with Gasteiger partial charge in [0, 0.05) is 17.4 Å². The van der Waals surface area contributed by atoms with Crippen LogP contribution in [-0.2, 0) is 4.79 Å². The molecule has 2 unspecified atom stereocenters. The molecule has 1 aromatic heterocycles. The summed E-state index contributed by atoms with van der Waals surface area (Å²) in [6.45, 7) is 1.94. The normalized spacial score (nSPS) is 17.8. The molecule has 0 radical (unpaired) electrons. The van der Waals surface area contributed by atoms with Crippen LogP contribution in [0.5, 0.6) is 11.5 Å². The standard InChI is InChI=1S/C28H22N4O3S/c1-17-16-20(35-19-10-6-3-7-11-19)12-13-21(17)32-22-14-15-29-27-23(22)24(31-28(32)34)25(36-27)26(33)30-18-8-4-2-5-9-18/h2-16,24-25H,1H3,(H,30,33)(H,31,34). The van der Waals surface area contributed by atoms with Gasteiger partial charge in [0.05, 0.1) is 17.4 Å². The van der Waals surface area contributed by atoms with Crippen molar-refractivity contribution < 1.29 is 14.3 Å². The lowest BCUT2D eigenvalue weighted by molar-refractivity contribution is -0.116. The minimum absolute atomic E-state index is 0.174. The molecule has 0 bridgehead atoms. The number of carbonyl (C=O) groups is 2. The van der Waals surface area contributed by atoms with Crippen molar-refractivity contribution in [3.05, 3.63) is 102 Å². The molecule has 2 N–H and O–H groups in total. The van der Waals surface area contributed by atoms with E-state index in [4.69, 9.17) is 4.74 Å². The van der Waals surface area contributed by atoms with Gasteiger partial charge in [-0.05, 0) is 61.0 Å². The van der Waals surface area contributed by atoms with Crippen LogP contribution in [0.3, 0.4) is 0 Å². The van der Waals surface area contributed by atoms with Crippen molar-refractivity contribution in [3.8, 4) is 11.5 Å². The quantitative estimate of drug-likeness (QED) is 0.345. The summed E-state index contributed by atoms with van der Waals surface area (Å²) < 4.78 is 5.96. The third-order valence-corrected chi connectivity index (χ3v) is 7.48. The van der Waals surface area contributed by atoms with Gasteiger partial charge in [-0.25, -0.2) is 9.78 Å². The number of para-hydroxylation sites is 2. The van der Waals surface area contributed by atoms with Gasteiger partial charge in [0.15, 0.2) is 0 Å². The van der Waals surface area contributed by atoms with Gasteiger partial charge < -0.3 is 15.4 Å². The van der Waals surface area contributed by atoms with Crippen molar-refractivity contribution in [2.75, 3.05) is 10.2 Å². The van der Waals surface area contributed by atoms with Crippen LogP contribution in [0.1, 0.15) is 17.2 Å². The Kier molecular flexibility index (Phi) is 5.58. The van der Waals surface area contributed by atoms with Gasteiger partial charge in [-0.1, -0.05) is 48.2 Å². The lowest BCUT2D eigenvalue weighted by Crippen LogP contribution is -2.48. The molecule has 3 heterocycles. The number of carbonyl (C=O) groups excluding carboxylic acids is 2. The Morgan fingerprint density at radius 3 is 2.47 bits per heavy atom. The Hall–Kier alpha value is -4.30. The molecule has 178 valence electrons. The number of aryl methyl sites for hydroxylation is 1. The number of urea groups is 1. The third-order valence-electron chi connectivity index (χ3n) is 6.19. The number of nitrogens with zero attached hydrogens (tertiary/aromatic N) is 2. The highest BCUT2D eigenvalue weighted by atomic mass is 32.2. The van der Waals surface area contributed by atoms with E-state index in [1.807, 2.05) is 91.9 Å². The molecule has 2 atom stereocenters. The zero-order chi connectivity index (χ0) is 24.6. The number of pyridine rings is 1. The number of amides is 3. The van der Waals surface area contributed by atoms with Crippen molar-refractivity contribution in [1.82, 2.24) is 10.3 Å². The first-order chi connectivity index (χ1) is 17.6. The maximum absolute atomic E-state index is 13.4. The largest absolute Gasteiger partial charge is 0.457 e. The smallest absolute Gasteiger partial charge is 0.327 e. The van der Waals surface area contributed by atoms with Gasteiger partial charge in [0.25, 0.3) is 0 Å². The Bertz CT molecular complexity index is 1460. The molecular weight excluding hydrogens is 472 g/mol. The fourth-order valence-electron chi connectivity index (χ4n) is 4.57. The predicted molar refractivity (Wildman–Crippen MR) is 140 cm³/mol. The summed E-state index contributed by atoms with van der Waals surface area (Å²) in [4.78, 5) is 32.7. The number of rotatable bonds is 5. The highest BCUT2D eigenvalue weighted by Gasteiger charge is 2.46. The second kappa shape index (κ2) is 9.05. The van der Waals surface area contributed by atoms with E-state index in [1.54, 1.807) is 11.1 Å². The van der Waals surface area contributed by atoms with E-state index in [9.17, 15) is 9.59 Å². The number of benzene rings is 3.